The molecular weight excluding hydrogens is 507 g/mol. The van der Waals surface area contributed by atoms with Crippen LogP contribution in [0.25, 0.3) is 11.8 Å². The molecule has 1 aliphatic heterocycles. The molecule has 38 heavy (non-hydrogen) atoms. The van der Waals surface area contributed by atoms with Gasteiger partial charge in [-0.15, -0.1) is 0 Å². The minimum atomic E-state index is -3.93. The summed E-state index contributed by atoms with van der Waals surface area (Å²) in [7, 11) is -2.27. The number of halogens is 1. The highest BCUT2D eigenvalue weighted by atomic mass is 32.2. The van der Waals surface area contributed by atoms with Crippen LogP contribution in [0.2, 0.25) is 0 Å². The molecule has 1 atom stereocenters. The summed E-state index contributed by atoms with van der Waals surface area (Å²) in [5.74, 6) is -0.571. The van der Waals surface area contributed by atoms with Crippen molar-refractivity contribution in [1.82, 2.24) is 28.9 Å². The number of carbonyl (C=O) groups is 1. The summed E-state index contributed by atoms with van der Waals surface area (Å²) < 4.78 is 45.1. The van der Waals surface area contributed by atoms with E-state index in [0.717, 1.165) is 22.4 Å². The Morgan fingerprint density at radius 3 is 2.63 bits per heavy atom. The Morgan fingerprint density at radius 2 is 1.92 bits per heavy atom. The highest BCUT2D eigenvalue weighted by Gasteiger charge is 2.51. The van der Waals surface area contributed by atoms with E-state index in [1.54, 1.807) is 48.5 Å². The van der Waals surface area contributed by atoms with Crippen molar-refractivity contribution >= 4 is 21.9 Å². The molecule has 0 saturated carbocycles. The van der Waals surface area contributed by atoms with Gasteiger partial charge in [-0.1, -0.05) is 5.57 Å². The number of piperidine rings is 1. The number of ketones is 1. The fraction of sp³-hybridized carbons (Fsp3) is 0.259. The zero-order valence-electron chi connectivity index (χ0n) is 20.9. The standard InChI is InChI=1S/C27H25FN6O3S/c1-18-7-10-29-23(13-18)26(35)27-15-19-16-30-34(22-5-3-21(28)4-6-22)24(19)14-20(27)8-12-33(17-27)38(36,37)25-9-11-32(2)31-25/h3-7,9-11,13-14,16H,8,12,15,17H2,1-2H3/t27-/m0/s1. The maximum atomic E-state index is 14.2. The third-order valence-corrected chi connectivity index (χ3v) is 9.07. The van der Waals surface area contributed by atoms with Gasteiger partial charge in [0.05, 0.1) is 23.0 Å². The number of benzene rings is 1. The van der Waals surface area contributed by atoms with Crippen LogP contribution in [0.5, 0.6) is 0 Å². The Bertz CT molecular complexity index is 1710. The number of aryl methyl sites for hydroxylation is 2. The lowest BCUT2D eigenvalue weighted by Gasteiger charge is -2.44. The number of carbonyl (C=O) groups excluding carboxylic acids is 1. The number of sulfonamides is 1. The lowest BCUT2D eigenvalue weighted by molar-refractivity contribution is 0.0770. The molecule has 0 amide bonds. The lowest BCUT2D eigenvalue weighted by atomic mass is 9.65. The van der Waals surface area contributed by atoms with Crippen LogP contribution in [0.3, 0.4) is 0 Å². The highest BCUT2D eigenvalue weighted by molar-refractivity contribution is 7.89. The van der Waals surface area contributed by atoms with E-state index in [0.29, 0.717) is 17.8 Å². The molecule has 6 rings (SSSR count). The van der Waals surface area contributed by atoms with Crippen molar-refractivity contribution in [2.24, 2.45) is 12.5 Å². The number of Topliss-reactive ketones (excluding diaryl/α,β-unsaturated/α-hetero) is 1. The van der Waals surface area contributed by atoms with Crippen LogP contribution in [0.4, 0.5) is 4.39 Å². The molecule has 0 bridgehead atoms. The van der Waals surface area contributed by atoms with Crippen LogP contribution in [0.15, 0.2) is 71.7 Å². The van der Waals surface area contributed by atoms with Crippen LogP contribution in [-0.4, -0.2) is 56.1 Å². The second-order valence-electron chi connectivity index (χ2n) is 9.84. The van der Waals surface area contributed by atoms with Crippen molar-refractivity contribution in [3.8, 4) is 5.69 Å². The molecule has 194 valence electrons. The summed E-state index contributed by atoms with van der Waals surface area (Å²) in [6.07, 6.45) is 7.42. The van der Waals surface area contributed by atoms with Crippen molar-refractivity contribution in [3.63, 3.8) is 0 Å². The SMILES string of the molecule is Cc1ccnc(C(=O)[C@]23Cc4cnn(-c5ccc(F)cc5)c4C=C2CCN(S(=O)(=O)c2ccn(C)n2)C3)c1. The van der Waals surface area contributed by atoms with Crippen molar-refractivity contribution in [2.75, 3.05) is 13.1 Å². The molecular formula is C27H25FN6O3S. The van der Waals surface area contributed by atoms with Crippen molar-refractivity contribution in [3.05, 3.63) is 95.0 Å². The second-order valence-corrected chi connectivity index (χ2v) is 11.7. The average Bonchev–Trinajstić information content (AvgIpc) is 3.53. The average molecular weight is 533 g/mol. The van der Waals surface area contributed by atoms with Gasteiger partial charge in [-0.2, -0.15) is 14.5 Å². The van der Waals surface area contributed by atoms with Gasteiger partial charge in [-0.3, -0.25) is 14.5 Å². The topological polar surface area (TPSA) is 103 Å². The minimum Gasteiger partial charge on any atom is -0.291 e. The van der Waals surface area contributed by atoms with Crippen molar-refractivity contribution in [2.45, 2.75) is 24.8 Å². The molecule has 0 radical (unpaired) electrons. The maximum Gasteiger partial charge on any atom is 0.262 e. The number of nitrogens with zero attached hydrogens (tertiary/aromatic N) is 6. The molecule has 4 aromatic rings. The van der Waals surface area contributed by atoms with E-state index in [4.69, 9.17) is 0 Å². The van der Waals surface area contributed by atoms with E-state index in [2.05, 4.69) is 15.2 Å². The highest BCUT2D eigenvalue weighted by Crippen LogP contribution is 2.47. The molecule has 0 spiro atoms. The van der Waals surface area contributed by atoms with Crippen LogP contribution >= 0.6 is 0 Å². The summed E-state index contributed by atoms with van der Waals surface area (Å²) in [4.78, 5) is 18.6. The third kappa shape index (κ3) is 3.89. The zero-order valence-corrected chi connectivity index (χ0v) is 21.7. The Hall–Kier alpha value is -3.96. The number of hydrogen-bond donors (Lipinski definition) is 0. The fourth-order valence-corrected chi connectivity index (χ4v) is 6.83. The van der Waals surface area contributed by atoms with Crippen LogP contribution in [0, 0.1) is 18.2 Å². The van der Waals surface area contributed by atoms with Gasteiger partial charge < -0.3 is 0 Å². The quantitative estimate of drug-likeness (QED) is 0.365. The van der Waals surface area contributed by atoms with Gasteiger partial charge in [0.25, 0.3) is 10.0 Å². The van der Waals surface area contributed by atoms with Crippen LogP contribution < -0.4 is 0 Å². The normalized spacial score (nSPS) is 19.5. The van der Waals surface area contributed by atoms with Gasteiger partial charge >= 0.3 is 0 Å². The molecule has 0 N–H and O–H groups in total. The zero-order chi connectivity index (χ0) is 26.7. The van der Waals surface area contributed by atoms with Crippen molar-refractivity contribution in [1.29, 1.82) is 0 Å². The van der Waals surface area contributed by atoms with Gasteiger partial charge in [-0.05, 0) is 79.4 Å². The first kappa shape index (κ1) is 24.4. The summed E-state index contributed by atoms with van der Waals surface area (Å²) >= 11 is 0. The first-order valence-electron chi connectivity index (χ1n) is 12.2. The number of aromatic nitrogens is 5. The van der Waals surface area contributed by atoms with Gasteiger partial charge in [0, 0.05) is 32.5 Å². The van der Waals surface area contributed by atoms with E-state index < -0.39 is 15.4 Å². The molecule has 1 aromatic carbocycles. The summed E-state index contributed by atoms with van der Waals surface area (Å²) in [5, 5.41) is 8.59. The number of fused-ring (bicyclic) bond motifs is 2. The van der Waals surface area contributed by atoms with E-state index >= 15 is 0 Å². The minimum absolute atomic E-state index is 0.0344. The van der Waals surface area contributed by atoms with E-state index in [1.807, 2.05) is 19.1 Å². The Morgan fingerprint density at radius 1 is 1.13 bits per heavy atom. The van der Waals surface area contributed by atoms with E-state index in [1.165, 1.54) is 27.2 Å². The number of pyridine rings is 1. The Kier molecular flexibility index (Phi) is 5.65. The van der Waals surface area contributed by atoms with E-state index in [-0.39, 0.29) is 36.1 Å². The van der Waals surface area contributed by atoms with Crippen LogP contribution in [-0.2, 0) is 23.5 Å². The molecule has 4 heterocycles. The van der Waals surface area contributed by atoms with Gasteiger partial charge in [0.1, 0.15) is 11.5 Å². The number of hydrogen-bond acceptors (Lipinski definition) is 6. The summed E-state index contributed by atoms with van der Waals surface area (Å²) in [6, 6.07) is 11.0. The first-order valence-corrected chi connectivity index (χ1v) is 13.6. The van der Waals surface area contributed by atoms with Gasteiger partial charge in [-0.25, -0.2) is 17.5 Å². The second kappa shape index (κ2) is 8.81. The maximum absolute atomic E-state index is 14.2. The summed E-state index contributed by atoms with van der Waals surface area (Å²) in [5.41, 5.74) is 3.16. The molecule has 3 aromatic heterocycles. The first-order chi connectivity index (χ1) is 18.2. The van der Waals surface area contributed by atoms with Crippen molar-refractivity contribution < 1.29 is 17.6 Å². The molecule has 1 fully saturated rings. The largest absolute Gasteiger partial charge is 0.291 e. The third-order valence-electron chi connectivity index (χ3n) is 7.33. The Balaban J connectivity index is 1.46. The molecule has 1 saturated heterocycles. The predicted octanol–water partition coefficient (Wildman–Crippen LogP) is 3.35. The molecule has 0 unspecified atom stereocenters. The lowest BCUT2D eigenvalue weighted by Crippen LogP contribution is -2.53. The number of rotatable bonds is 5. The smallest absolute Gasteiger partial charge is 0.262 e. The molecule has 11 heteroatoms. The summed E-state index contributed by atoms with van der Waals surface area (Å²) in [6.45, 7) is 2.06. The molecule has 1 aliphatic carbocycles. The molecule has 2 aliphatic rings. The fourth-order valence-electron chi connectivity index (χ4n) is 5.38. The van der Waals surface area contributed by atoms with Gasteiger partial charge in [0.2, 0.25) is 0 Å². The Labute approximate surface area is 219 Å². The predicted molar refractivity (Wildman–Crippen MR) is 138 cm³/mol. The molecule has 9 nitrogen and oxygen atoms in total. The van der Waals surface area contributed by atoms with Crippen LogP contribution in [0.1, 0.15) is 33.7 Å². The van der Waals surface area contributed by atoms with E-state index in [9.17, 15) is 17.6 Å². The van der Waals surface area contributed by atoms with Gasteiger partial charge in [0.15, 0.2) is 10.8 Å². The monoisotopic (exact) mass is 532 g/mol.